The van der Waals surface area contributed by atoms with Crippen molar-refractivity contribution < 1.29 is 4.79 Å². The smallest absolute Gasteiger partial charge is 0.319 e. The maximum absolute atomic E-state index is 12.0. The fraction of sp³-hybridized carbons (Fsp3) is 0.375. The van der Waals surface area contributed by atoms with Crippen molar-refractivity contribution >= 4 is 29.0 Å². The van der Waals surface area contributed by atoms with E-state index in [9.17, 15) is 4.79 Å². The maximum atomic E-state index is 12.0. The van der Waals surface area contributed by atoms with E-state index in [1.807, 2.05) is 51.0 Å². The van der Waals surface area contributed by atoms with E-state index in [1.165, 1.54) is 0 Å². The third-order valence-electron chi connectivity index (χ3n) is 3.34. The predicted molar refractivity (Wildman–Crippen MR) is 94.4 cm³/mol. The zero-order chi connectivity index (χ0) is 17.0. The number of hydrogen-bond donors (Lipinski definition) is 3. The number of carbonyl (C=O) groups is 1. The zero-order valence-corrected chi connectivity index (χ0v) is 14.5. The molecule has 0 aliphatic carbocycles. The Labute approximate surface area is 141 Å². The highest BCUT2D eigenvalue weighted by molar-refractivity contribution is 6.33. The molecule has 1 aromatic carbocycles. The lowest BCUT2D eigenvalue weighted by Crippen LogP contribution is -2.37. The molecule has 0 aliphatic heterocycles. The van der Waals surface area contributed by atoms with Crippen LogP contribution in [0.4, 0.5) is 16.2 Å². The van der Waals surface area contributed by atoms with E-state index in [4.69, 9.17) is 11.6 Å². The van der Waals surface area contributed by atoms with Gasteiger partial charge in [0.25, 0.3) is 0 Å². The number of halogens is 1. The first-order valence-electron chi connectivity index (χ1n) is 7.40. The van der Waals surface area contributed by atoms with Gasteiger partial charge < -0.3 is 15.5 Å². The van der Waals surface area contributed by atoms with Crippen LogP contribution in [0.1, 0.15) is 18.3 Å². The largest absolute Gasteiger partial charge is 0.376 e. The topological polar surface area (TPSA) is 73.1 Å². The lowest BCUT2D eigenvalue weighted by Gasteiger charge is -2.16. The van der Waals surface area contributed by atoms with Gasteiger partial charge in [0.2, 0.25) is 0 Å². The van der Waals surface area contributed by atoms with Gasteiger partial charge in [0.15, 0.2) is 0 Å². The van der Waals surface area contributed by atoms with E-state index in [-0.39, 0.29) is 12.1 Å². The summed E-state index contributed by atoms with van der Waals surface area (Å²) < 4.78 is 0. The number of aryl methyl sites for hydroxylation is 1. The molecule has 2 aromatic rings. The van der Waals surface area contributed by atoms with Crippen LogP contribution in [0, 0.1) is 6.92 Å². The molecule has 1 aromatic heterocycles. The van der Waals surface area contributed by atoms with Crippen molar-refractivity contribution in [3.8, 4) is 0 Å². The van der Waals surface area contributed by atoms with E-state index in [0.29, 0.717) is 17.1 Å². The molecule has 7 heteroatoms. The third-order valence-corrected chi connectivity index (χ3v) is 3.64. The lowest BCUT2D eigenvalue weighted by atomic mass is 10.2. The molecule has 2 rings (SSSR count). The Bertz CT molecular complexity index is 683. The second-order valence-electron chi connectivity index (χ2n) is 5.81. The number of carbonyl (C=O) groups excluding carboxylic acids is 1. The lowest BCUT2D eigenvalue weighted by molar-refractivity contribution is 0.249. The minimum atomic E-state index is -0.265. The summed E-state index contributed by atoms with van der Waals surface area (Å²) in [5.74, 6) is 0. The highest BCUT2D eigenvalue weighted by Crippen LogP contribution is 2.27. The van der Waals surface area contributed by atoms with Gasteiger partial charge in [-0.25, -0.2) is 4.79 Å². The van der Waals surface area contributed by atoms with Crippen LogP contribution in [0.5, 0.6) is 0 Å². The Kier molecular flexibility index (Phi) is 5.50. The predicted octanol–water partition coefficient (Wildman–Crippen LogP) is 3.19. The van der Waals surface area contributed by atoms with E-state index >= 15 is 0 Å². The number of amides is 2. The van der Waals surface area contributed by atoms with Crippen molar-refractivity contribution in [3.63, 3.8) is 0 Å². The first kappa shape index (κ1) is 17.1. The molecule has 0 spiro atoms. The number of hydrogen-bond acceptors (Lipinski definition) is 3. The van der Waals surface area contributed by atoms with E-state index in [0.717, 1.165) is 17.1 Å². The number of rotatable bonds is 5. The minimum Gasteiger partial charge on any atom is -0.376 e. The molecule has 0 saturated heterocycles. The summed E-state index contributed by atoms with van der Waals surface area (Å²) in [6.07, 6.45) is 0.665. The standard InChI is InChI=1S/C16H22ClN5O/c1-10(7-13-8-11(2)20-21-13)18-16(23)19-12-5-6-15(22(3)4)14(17)9-12/h5-6,8-10H,7H2,1-4H3,(H,20,21)(H2,18,19,23). The van der Waals surface area contributed by atoms with E-state index in [1.54, 1.807) is 6.07 Å². The first-order valence-corrected chi connectivity index (χ1v) is 7.78. The van der Waals surface area contributed by atoms with Gasteiger partial charge in [-0.05, 0) is 38.1 Å². The van der Waals surface area contributed by atoms with Crippen LogP contribution in [0.15, 0.2) is 24.3 Å². The average molecular weight is 336 g/mol. The molecule has 0 saturated carbocycles. The van der Waals surface area contributed by atoms with Gasteiger partial charge >= 0.3 is 6.03 Å². The highest BCUT2D eigenvalue weighted by atomic mass is 35.5. The number of nitrogens with zero attached hydrogens (tertiary/aromatic N) is 2. The molecule has 3 N–H and O–H groups in total. The SMILES string of the molecule is Cc1cc(CC(C)NC(=O)Nc2ccc(N(C)C)c(Cl)c2)n[nH]1. The molecule has 0 bridgehead atoms. The van der Waals surface area contributed by atoms with Crippen molar-refractivity contribution in [1.82, 2.24) is 15.5 Å². The van der Waals surface area contributed by atoms with Gasteiger partial charge in [0, 0.05) is 37.9 Å². The Morgan fingerprint density at radius 3 is 2.70 bits per heavy atom. The molecular weight excluding hydrogens is 314 g/mol. The molecule has 124 valence electrons. The molecule has 6 nitrogen and oxygen atoms in total. The van der Waals surface area contributed by atoms with Crippen molar-refractivity contribution in [3.05, 3.63) is 40.7 Å². The van der Waals surface area contributed by atoms with Crippen LogP contribution in [0.2, 0.25) is 5.02 Å². The molecule has 2 amide bonds. The summed E-state index contributed by atoms with van der Waals surface area (Å²) in [7, 11) is 3.83. The molecule has 0 aliphatic rings. The second-order valence-corrected chi connectivity index (χ2v) is 6.21. The third kappa shape index (κ3) is 4.89. The Balaban J connectivity index is 1.90. The normalized spacial score (nSPS) is 11.9. The van der Waals surface area contributed by atoms with Gasteiger partial charge in [-0.1, -0.05) is 11.6 Å². The summed E-state index contributed by atoms with van der Waals surface area (Å²) in [5, 5.41) is 13.3. The van der Waals surface area contributed by atoms with Crippen molar-refractivity contribution in [1.29, 1.82) is 0 Å². The molecule has 0 radical (unpaired) electrons. The summed E-state index contributed by atoms with van der Waals surface area (Å²) in [6, 6.07) is 7.09. The summed E-state index contributed by atoms with van der Waals surface area (Å²) >= 11 is 6.20. The van der Waals surface area contributed by atoms with Crippen LogP contribution >= 0.6 is 11.6 Å². The number of anilines is 2. The fourth-order valence-corrected chi connectivity index (χ4v) is 2.63. The number of H-pyrrole nitrogens is 1. The van der Waals surface area contributed by atoms with E-state index in [2.05, 4.69) is 20.8 Å². The van der Waals surface area contributed by atoms with E-state index < -0.39 is 0 Å². The molecule has 1 heterocycles. The summed E-state index contributed by atoms with van der Waals surface area (Å²) in [5.41, 5.74) is 3.49. The number of urea groups is 1. The quantitative estimate of drug-likeness (QED) is 0.785. The Hall–Kier alpha value is -2.21. The number of aromatic nitrogens is 2. The van der Waals surface area contributed by atoms with Gasteiger partial charge in [-0.3, -0.25) is 5.10 Å². The molecule has 1 unspecified atom stereocenters. The van der Waals surface area contributed by atoms with Crippen molar-refractivity contribution in [2.24, 2.45) is 0 Å². The Morgan fingerprint density at radius 2 is 2.13 bits per heavy atom. The van der Waals surface area contributed by atoms with Gasteiger partial charge in [0.05, 0.1) is 16.4 Å². The molecule has 23 heavy (non-hydrogen) atoms. The van der Waals surface area contributed by atoms with Crippen LogP contribution in [0.25, 0.3) is 0 Å². The summed E-state index contributed by atoms with van der Waals surface area (Å²) in [6.45, 7) is 3.88. The van der Waals surface area contributed by atoms with Crippen LogP contribution in [-0.4, -0.2) is 36.4 Å². The number of benzene rings is 1. The fourth-order valence-electron chi connectivity index (χ4n) is 2.28. The number of aromatic amines is 1. The monoisotopic (exact) mass is 335 g/mol. The van der Waals surface area contributed by atoms with Gasteiger partial charge in [-0.2, -0.15) is 5.10 Å². The van der Waals surface area contributed by atoms with Gasteiger partial charge in [-0.15, -0.1) is 0 Å². The summed E-state index contributed by atoms with van der Waals surface area (Å²) in [4.78, 5) is 14.0. The zero-order valence-electron chi connectivity index (χ0n) is 13.8. The molecule has 1 atom stereocenters. The minimum absolute atomic E-state index is 0.0331. The van der Waals surface area contributed by atoms with Crippen LogP contribution < -0.4 is 15.5 Å². The van der Waals surface area contributed by atoms with Crippen molar-refractivity contribution in [2.75, 3.05) is 24.3 Å². The number of nitrogens with one attached hydrogen (secondary N) is 3. The maximum Gasteiger partial charge on any atom is 0.319 e. The first-order chi connectivity index (χ1) is 10.8. The molecular formula is C16H22ClN5O. The average Bonchev–Trinajstić information content (AvgIpc) is 2.83. The Morgan fingerprint density at radius 1 is 1.39 bits per heavy atom. The van der Waals surface area contributed by atoms with Crippen molar-refractivity contribution in [2.45, 2.75) is 26.3 Å². The highest BCUT2D eigenvalue weighted by Gasteiger charge is 2.11. The second kappa shape index (κ2) is 7.37. The van der Waals surface area contributed by atoms with Crippen LogP contribution in [-0.2, 0) is 6.42 Å². The van der Waals surface area contributed by atoms with Gasteiger partial charge in [0.1, 0.15) is 0 Å². The van der Waals surface area contributed by atoms with Crippen LogP contribution in [0.3, 0.4) is 0 Å². The molecule has 0 fully saturated rings.